The number of pyridine rings is 1. The van der Waals surface area contributed by atoms with Gasteiger partial charge in [-0.1, -0.05) is 24.3 Å². The Labute approximate surface area is 88.6 Å². The van der Waals surface area contributed by atoms with Crippen molar-refractivity contribution >= 4 is 5.78 Å². The Kier molecular flexibility index (Phi) is 2.59. The highest BCUT2D eigenvalue weighted by molar-refractivity contribution is 6.08. The molecular weight excluding hydrogens is 186 g/mol. The molecule has 0 bridgehead atoms. The quantitative estimate of drug-likeness (QED) is 0.691. The number of carbonyl (C=O) groups is 1. The molecule has 0 aliphatic rings. The highest BCUT2D eigenvalue weighted by atomic mass is 16.1. The number of benzene rings is 1. The van der Waals surface area contributed by atoms with E-state index in [0.29, 0.717) is 11.1 Å². The van der Waals surface area contributed by atoms with Crippen molar-refractivity contribution in [3.8, 4) is 0 Å². The molecule has 1 radical (unpaired) electrons. The van der Waals surface area contributed by atoms with Gasteiger partial charge in [0.1, 0.15) is 0 Å². The molecule has 0 amide bonds. The van der Waals surface area contributed by atoms with Crippen LogP contribution < -0.4 is 0 Å². The summed E-state index contributed by atoms with van der Waals surface area (Å²) in [7, 11) is 0. The van der Waals surface area contributed by atoms with Crippen LogP contribution in [0.25, 0.3) is 0 Å². The predicted octanol–water partition coefficient (Wildman–Crippen LogP) is 2.49. The van der Waals surface area contributed by atoms with Crippen molar-refractivity contribution in [3.63, 3.8) is 0 Å². The Morgan fingerprint density at radius 2 is 1.80 bits per heavy atom. The van der Waals surface area contributed by atoms with Crippen LogP contribution in [0.2, 0.25) is 0 Å². The van der Waals surface area contributed by atoms with Crippen LogP contribution in [0.1, 0.15) is 21.5 Å². The summed E-state index contributed by atoms with van der Waals surface area (Å²) in [5, 5.41) is 0. The number of hydrogen-bond acceptors (Lipinski definition) is 2. The first kappa shape index (κ1) is 9.59. The van der Waals surface area contributed by atoms with Gasteiger partial charge in [-0.05, 0) is 24.6 Å². The minimum atomic E-state index is -0.0110. The molecule has 1 aromatic heterocycles. The second-order valence-corrected chi connectivity index (χ2v) is 3.27. The van der Waals surface area contributed by atoms with E-state index in [9.17, 15) is 4.79 Å². The van der Waals surface area contributed by atoms with Crippen molar-refractivity contribution in [1.29, 1.82) is 0 Å². The van der Waals surface area contributed by atoms with Gasteiger partial charge in [-0.2, -0.15) is 0 Å². The fourth-order valence-electron chi connectivity index (χ4n) is 1.32. The summed E-state index contributed by atoms with van der Waals surface area (Å²) in [4.78, 5) is 15.8. The Morgan fingerprint density at radius 1 is 1.07 bits per heavy atom. The average molecular weight is 196 g/mol. The van der Waals surface area contributed by atoms with Crippen molar-refractivity contribution < 1.29 is 4.79 Å². The predicted molar refractivity (Wildman–Crippen MR) is 58.6 cm³/mol. The SMILES string of the molecule is [CH2]c1ccc(C(=O)c2cccnc2)cc1. The molecular formula is C13H10NO. The zero-order chi connectivity index (χ0) is 10.7. The summed E-state index contributed by atoms with van der Waals surface area (Å²) in [6.07, 6.45) is 3.22. The van der Waals surface area contributed by atoms with Crippen LogP contribution in [-0.4, -0.2) is 10.8 Å². The van der Waals surface area contributed by atoms with E-state index in [1.165, 1.54) is 0 Å². The molecule has 2 aromatic rings. The smallest absolute Gasteiger partial charge is 0.194 e. The van der Waals surface area contributed by atoms with Gasteiger partial charge in [0.25, 0.3) is 0 Å². The number of carbonyl (C=O) groups excluding carboxylic acids is 1. The zero-order valence-corrected chi connectivity index (χ0v) is 8.18. The highest BCUT2D eigenvalue weighted by Crippen LogP contribution is 2.09. The number of aromatic nitrogens is 1. The third-order valence-electron chi connectivity index (χ3n) is 2.14. The Hall–Kier alpha value is -1.96. The first-order valence-corrected chi connectivity index (χ1v) is 4.64. The van der Waals surface area contributed by atoms with E-state index in [1.807, 2.05) is 12.1 Å². The van der Waals surface area contributed by atoms with Crippen LogP contribution in [0.3, 0.4) is 0 Å². The lowest BCUT2D eigenvalue weighted by Crippen LogP contribution is -2.01. The summed E-state index contributed by atoms with van der Waals surface area (Å²) in [5.74, 6) is -0.0110. The van der Waals surface area contributed by atoms with Gasteiger partial charge in [-0.25, -0.2) is 0 Å². The number of nitrogens with zero attached hydrogens (tertiary/aromatic N) is 1. The lowest BCUT2D eigenvalue weighted by Gasteiger charge is -2.00. The minimum Gasteiger partial charge on any atom is -0.289 e. The number of ketones is 1. The maximum atomic E-state index is 11.9. The van der Waals surface area contributed by atoms with Crippen LogP contribution >= 0.6 is 0 Å². The largest absolute Gasteiger partial charge is 0.289 e. The van der Waals surface area contributed by atoms with Crippen LogP contribution in [0.5, 0.6) is 0 Å². The van der Waals surface area contributed by atoms with Gasteiger partial charge in [0.2, 0.25) is 0 Å². The van der Waals surface area contributed by atoms with Crippen molar-refractivity contribution in [2.24, 2.45) is 0 Å². The summed E-state index contributed by atoms with van der Waals surface area (Å²) in [5.41, 5.74) is 2.17. The number of rotatable bonds is 2. The second kappa shape index (κ2) is 4.05. The molecule has 0 atom stereocenters. The van der Waals surface area contributed by atoms with Crippen molar-refractivity contribution in [3.05, 3.63) is 72.4 Å². The lowest BCUT2D eigenvalue weighted by molar-refractivity contribution is 0.103. The van der Waals surface area contributed by atoms with Gasteiger partial charge in [-0.3, -0.25) is 9.78 Å². The topological polar surface area (TPSA) is 30.0 Å². The Morgan fingerprint density at radius 3 is 2.40 bits per heavy atom. The van der Waals surface area contributed by atoms with E-state index < -0.39 is 0 Å². The lowest BCUT2D eigenvalue weighted by atomic mass is 10.0. The standard InChI is InChI=1S/C13H10NO/c1-10-4-6-11(7-5-10)13(15)12-3-2-8-14-9-12/h2-9H,1H2. The molecule has 1 heterocycles. The molecule has 0 fully saturated rings. The minimum absolute atomic E-state index is 0.0110. The van der Waals surface area contributed by atoms with Gasteiger partial charge in [0.15, 0.2) is 5.78 Å². The van der Waals surface area contributed by atoms with E-state index in [4.69, 9.17) is 0 Å². The van der Waals surface area contributed by atoms with E-state index in [-0.39, 0.29) is 5.78 Å². The van der Waals surface area contributed by atoms with Crippen molar-refractivity contribution in [1.82, 2.24) is 4.98 Å². The molecule has 2 heteroatoms. The van der Waals surface area contributed by atoms with Crippen molar-refractivity contribution in [2.75, 3.05) is 0 Å². The van der Waals surface area contributed by atoms with Gasteiger partial charge in [-0.15, -0.1) is 0 Å². The van der Waals surface area contributed by atoms with Gasteiger partial charge < -0.3 is 0 Å². The van der Waals surface area contributed by atoms with E-state index >= 15 is 0 Å². The van der Waals surface area contributed by atoms with Gasteiger partial charge in [0.05, 0.1) is 0 Å². The van der Waals surface area contributed by atoms with E-state index in [2.05, 4.69) is 11.9 Å². The van der Waals surface area contributed by atoms with Crippen LogP contribution in [0.15, 0.2) is 48.8 Å². The monoisotopic (exact) mass is 196 g/mol. The molecule has 0 spiro atoms. The Balaban J connectivity index is 2.33. The molecule has 2 nitrogen and oxygen atoms in total. The maximum absolute atomic E-state index is 11.9. The zero-order valence-electron chi connectivity index (χ0n) is 8.18. The van der Waals surface area contributed by atoms with Gasteiger partial charge >= 0.3 is 0 Å². The summed E-state index contributed by atoms with van der Waals surface area (Å²) in [6, 6.07) is 10.7. The highest BCUT2D eigenvalue weighted by Gasteiger charge is 2.07. The molecule has 0 saturated carbocycles. The molecule has 15 heavy (non-hydrogen) atoms. The number of hydrogen-bond donors (Lipinski definition) is 0. The fourth-order valence-corrected chi connectivity index (χ4v) is 1.32. The van der Waals surface area contributed by atoms with E-state index in [0.717, 1.165) is 5.56 Å². The van der Waals surface area contributed by atoms with Crippen molar-refractivity contribution in [2.45, 2.75) is 0 Å². The molecule has 0 aliphatic heterocycles. The normalized spacial score (nSPS) is 9.93. The first-order chi connectivity index (χ1) is 7.27. The Bertz CT molecular complexity index is 460. The summed E-state index contributed by atoms with van der Waals surface area (Å²) >= 11 is 0. The molecule has 0 aliphatic carbocycles. The van der Waals surface area contributed by atoms with Crippen LogP contribution in [-0.2, 0) is 0 Å². The molecule has 1 aromatic carbocycles. The summed E-state index contributed by atoms with van der Waals surface area (Å²) < 4.78 is 0. The molecule has 73 valence electrons. The van der Waals surface area contributed by atoms with E-state index in [1.54, 1.807) is 36.7 Å². The fraction of sp³-hybridized carbons (Fsp3) is 0. The third kappa shape index (κ3) is 2.10. The molecule has 0 saturated heterocycles. The van der Waals surface area contributed by atoms with Gasteiger partial charge in [0, 0.05) is 23.5 Å². The molecule has 0 unspecified atom stereocenters. The third-order valence-corrected chi connectivity index (χ3v) is 2.14. The average Bonchev–Trinajstić information content (AvgIpc) is 2.30. The first-order valence-electron chi connectivity index (χ1n) is 4.64. The maximum Gasteiger partial charge on any atom is 0.194 e. The van der Waals surface area contributed by atoms with Crippen LogP contribution in [0, 0.1) is 6.92 Å². The molecule has 0 N–H and O–H groups in total. The summed E-state index contributed by atoms with van der Waals surface area (Å²) in [6.45, 7) is 3.77. The van der Waals surface area contributed by atoms with Crippen LogP contribution in [0.4, 0.5) is 0 Å². The molecule has 2 rings (SSSR count). The second-order valence-electron chi connectivity index (χ2n) is 3.27.